The maximum Gasteiger partial charge on any atom is 0.305 e. The average molecular weight is 292 g/mol. The molecule has 0 spiro atoms. The van der Waals surface area contributed by atoms with Gasteiger partial charge >= 0.3 is 5.97 Å². The topological polar surface area (TPSA) is 89.7 Å². The fourth-order valence-corrected chi connectivity index (χ4v) is 4.18. The molecule has 1 heterocycles. The highest BCUT2D eigenvalue weighted by atomic mass is 32.2. The van der Waals surface area contributed by atoms with E-state index in [0.29, 0.717) is 19.5 Å². The number of nitrogens with zero attached hydrogens (tertiary/aromatic N) is 1. The summed E-state index contributed by atoms with van der Waals surface area (Å²) in [6.45, 7) is 2.93. The number of carbonyl (C=O) groups is 1. The van der Waals surface area contributed by atoms with Crippen LogP contribution in [0, 0.1) is 5.92 Å². The summed E-state index contributed by atoms with van der Waals surface area (Å²) in [5.74, 6) is -0.141. The summed E-state index contributed by atoms with van der Waals surface area (Å²) in [4.78, 5) is 11.0. The van der Waals surface area contributed by atoms with Crippen LogP contribution in [0.25, 0.3) is 0 Å². The number of hydrogen-bond acceptors (Lipinski definition) is 5. The van der Waals surface area contributed by atoms with E-state index < -0.39 is 10.0 Å². The molecule has 0 radical (unpaired) electrons. The quantitative estimate of drug-likeness (QED) is 0.712. The van der Waals surface area contributed by atoms with Crippen LogP contribution in [0.2, 0.25) is 0 Å². The molecule has 7 heteroatoms. The molecular weight excluding hydrogens is 268 g/mol. The highest BCUT2D eigenvalue weighted by molar-refractivity contribution is 7.89. The van der Waals surface area contributed by atoms with Crippen molar-refractivity contribution in [1.82, 2.24) is 4.31 Å². The molecule has 1 fully saturated rings. The molecule has 0 bridgehead atoms. The summed E-state index contributed by atoms with van der Waals surface area (Å²) >= 11 is 0. The molecule has 112 valence electrons. The first kappa shape index (κ1) is 16.4. The lowest BCUT2D eigenvalue weighted by Gasteiger charge is -2.36. The van der Waals surface area contributed by atoms with Crippen molar-refractivity contribution in [2.45, 2.75) is 38.6 Å². The first-order chi connectivity index (χ1) is 8.90. The molecular formula is C12H24N2O4S. The second-order valence-corrected chi connectivity index (χ2v) is 7.13. The molecule has 0 aromatic carbocycles. The third-order valence-corrected chi connectivity index (χ3v) is 5.65. The van der Waals surface area contributed by atoms with Crippen molar-refractivity contribution < 1.29 is 17.9 Å². The molecule has 0 aromatic heterocycles. The average Bonchev–Trinajstić information content (AvgIpc) is 2.38. The van der Waals surface area contributed by atoms with Crippen LogP contribution >= 0.6 is 0 Å². The van der Waals surface area contributed by atoms with Crippen molar-refractivity contribution in [2.24, 2.45) is 11.7 Å². The number of sulfonamides is 1. The van der Waals surface area contributed by atoms with Gasteiger partial charge in [-0.3, -0.25) is 4.79 Å². The van der Waals surface area contributed by atoms with Crippen LogP contribution in [0.15, 0.2) is 0 Å². The normalized spacial score (nSPS) is 25.2. The van der Waals surface area contributed by atoms with Gasteiger partial charge in [0.2, 0.25) is 10.0 Å². The Morgan fingerprint density at radius 3 is 2.68 bits per heavy atom. The number of piperidine rings is 1. The molecule has 2 atom stereocenters. The number of hydrogen-bond donors (Lipinski definition) is 1. The van der Waals surface area contributed by atoms with Crippen molar-refractivity contribution in [1.29, 1.82) is 0 Å². The van der Waals surface area contributed by atoms with Gasteiger partial charge in [-0.2, -0.15) is 4.31 Å². The van der Waals surface area contributed by atoms with E-state index >= 15 is 0 Å². The lowest BCUT2D eigenvalue weighted by atomic mass is 9.96. The van der Waals surface area contributed by atoms with Crippen molar-refractivity contribution >= 4 is 16.0 Å². The van der Waals surface area contributed by atoms with E-state index in [1.54, 1.807) is 4.31 Å². The zero-order chi connectivity index (χ0) is 14.5. The van der Waals surface area contributed by atoms with Gasteiger partial charge < -0.3 is 10.5 Å². The van der Waals surface area contributed by atoms with Gasteiger partial charge in [0.15, 0.2) is 0 Å². The minimum absolute atomic E-state index is 0.0102. The van der Waals surface area contributed by atoms with Crippen LogP contribution in [0.3, 0.4) is 0 Å². The maximum absolute atomic E-state index is 12.3. The SMILES string of the molecule is COC(=O)CCCS(=O)(=O)N1CC(CN)CCC1C. The number of esters is 1. The molecule has 1 rings (SSSR count). The Kier molecular flexibility index (Phi) is 6.22. The monoisotopic (exact) mass is 292 g/mol. The van der Waals surface area contributed by atoms with Crippen molar-refractivity contribution in [3.8, 4) is 0 Å². The smallest absolute Gasteiger partial charge is 0.305 e. The van der Waals surface area contributed by atoms with E-state index in [4.69, 9.17) is 5.73 Å². The van der Waals surface area contributed by atoms with Crippen LogP contribution in [-0.4, -0.2) is 50.7 Å². The lowest BCUT2D eigenvalue weighted by Crippen LogP contribution is -2.47. The summed E-state index contributed by atoms with van der Waals surface area (Å²) < 4.78 is 30.6. The number of carbonyl (C=O) groups excluding carboxylic acids is 1. The van der Waals surface area contributed by atoms with Crippen LogP contribution in [0.1, 0.15) is 32.6 Å². The van der Waals surface area contributed by atoms with E-state index in [0.717, 1.165) is 12.8 Å². The van der Waals surface area contributed by atoms with E-state index in [9.17, 15) is 13.2 Å². The molecule has 2 N–H and O–H groups in total. The van der Waals surface area contributed by atoms with Crippen molar-refractivity contribution in [2.75, 3.05) is 26.0 Å². The number of rotatable bonds is 6. The Morgan fingerprint density at radius 1 is 1.42 bits per heavy atom. The molecule has 1 aliphatic heterocycles. The van der Waals surface area contributed by atoms with E-state index in [1.165, 1.54) is 7.11 Å². The van der Waals surface area contributed by atoms with Crippen LogP contribution < -0.4 is 5.73 Å². The second-order valence-electron chi connectivity index (χ2n) is 5.09. The van der Waals surface area contributed by atoms with Gasteiger partial charge in [0.1, 0.15) is 0 Å². The highest BCUT2D eigenvalue weighted by Crippen LogP contribution is 2.24. The maximum atomic E-state index is 12.3. The Labute approximate surface area is 115 Å². The molecule has 0 amide bonds. The summed E-state index contributed by atoms with van der Waals surface area (Å²) in [5, 5.41) is 0. The van der Waals surface area contributed by atoms with Gasteiger partial charge in [0.25, 0.3) is 0 Å². The van der Waals surface area contributed by atoms with E-state index in [2.05, 4.69) is 4.74 Å². The molecule has 0 aliphatic carbocycles. The zero-order valence-corrected chi connectivity index (χ0v) is 12.5. The van der Waals surface area contributed by atoms with Gasteiger partial charge in [-0.15, -0.1) is 0 Å². The van der Waals surface area contributed by atoms with Gasteiger partial charge in [-0.25, -0.2) is 8.42 Å². The minimum atomic E-state index is -3.31. The Bertz CT molecular complexity index is 397. The zero-order valence-electron chi connectivity index (χ0n) is 11.7. The third-order valence-electron chi connectivity index (χ3n) is 3.62. The third kappa shape index (κ3) is 4.74. The largest absolute Gasteiger partial charge is 0.469 e. The molecule has 6 nitrogen and oxygen atoms in total. The number of methoxy groups -OCH3 is 1. The molecule has 0 aromatic rings. The predicted octanol–water partition coefficient (Wildman–Crippen LogP) is 0.329. The first-order valence-corrected chi connectivity index (χ1v) is 8.28. The second kappa shape index (κ2) is 7.21. The summed E-state index contributed by atoms with van der Waals surface area (Å²) in [5.41, 5.74) is 5.63. The Hall–Kier alpha value is -0.660. The fraction of sp³-hybridized carbons (Fsp3) is 0.917. The van der Waals surface area contributed by atoms with Gasteiger partial charge in [0.05, 0.1) is 12.9 Å². The lowest BCUT2D eigenvalue weighted by molar-refractivity contribution is -0.140. The number of nitrogens with two attached hydrogens (primary N) is 1. The van der Waals surface area contributed by atoms with Gasteiger partial charge in [-0.05, 0) is 38.6 Å². The number of ether oxygens (including phenoxy) is 1. The standard InChI is InChI=1S/C12H24N2O4S/c1-10-5-6-11(8-13)9-14(10)19(16,17)7-3-4-12(15)18-2/h10-11H,3-9,13H2,1-2H3. The molecule has 2 unspecified atom stereocenters. The molecule has 1 saturated heterocycles. The van der Waals surface area contributed by atoms with Gasteiger partial charge in [0, 0.05) is 19.0 Å². The highest BCUT2D eigenvalue weighted by Gasteiger charge is 2.32. The molecule has 0 saturated carbocycles. The summed E-state index contributed by atoms with van der Waals surface area (Å²) in [6.07, 6.45) is 2.26. The Balaban J connectivity index is 2.57. The molecule has 1 aliphatic rings. The first-order valence-electron chi connectivity index (χ1n) is 6.67. The van der Waals surface area contributed by atoms with Crippen LogP contribution in [0.5, 0.6) is 0 Å². The van der Waals surface area contributed by atoms with Crippen molar-refractivity contribution in [3.63, 3.8) is 0 Å². The summed E-state index contributed by atoms with van der Waals surface area (Å²) in [6, 6.07) is 0.0194. The Morgan fingerprint density at radius 2 is 2.11 bits per heavy atom. The van der Waals surface area contributed by atoms with Crippen molar-refractivity contribution in [3.05, 3.63) is 0 Å². The van der Waals surface area contributed by atoms with E-state index in [-0.39, 0.29) is 30.1 Å². The van der Waals surface area contributed by atoms with E-state index in [1.807, 2.05) is 6.92 Å². The predicted molar refractivity (Wildman–Crippen MR) is 73.0 cm³/mol. The minimum Gasteiger partial charge on any atom is -0.469 e. The summed E-state index contributed by atoms with van der Waals surface area (Å²) in [7, 11) is -2.01. The van der Waals surface area contributed by atoms with Crippen LogP contribution in [-0.2, 0) is 19.6 Å². The fourth-order valence-electron chi connectivity index (χ4n) is 2.34. The van der Waals surface area contributed by atoms with Crippen LogP contribution in [0.4, 0.5) is 0 Å². The molecule has 19 heavy (non-hydrogen) atoms. The van der Waals surface area contributed by atoms with Gasteiger partial charge in [-0.1, -0.05) is 0 Å².